The van der Waals surface area contributed by atoms with Gasteiger partial charge in [-0.3, -0.25) is 0 Å². The first kappa shape index (κ1) is 20.8. The van der Waals surface area contributed by atoms with E-state index in [1.165, 1.54) is 12.1 Å². The fourth-order valence-corrected chi connectivity index (χ4v) is 4.49. The van der Waals surface area contributed by atoms with Gasteiger partial charge in [0.15, 0.2) is 17.2 Å². The molecular weight excluding hydrogens is 465 g/mol. The summed E-state index contributed by atoms with van der Waals surface area (Å²) in [5.41, 5.74) is 2.26. The van der Waals surface area contributed by atoms with E-state index >= 15 is 0 Å². The predicted octanol–water partition coefficient (Wildman–Crippen LogP) is 5.09. The second kappa shape index (κ2) is 9.06. The third-order valence-electron chi connectivity index (χ3n) is 3.85. The Labute approximate surface area is 177 Å². The summed E-state index contributed by atoms with van der Waals surface area (Å²) < 4.78 is 18.9. The van der Waals surface area contributed by atoms with Crippen molar-refractivity contribution in [1.29, 1.82) is 0 Å². The SMILES string of the molecule is O=C(O)COc1c(C(=O)O)sc(-c2cccc(NCc3cccc(F)c3)c2)c1Br. The van der Waals surface area contributed by atoms with E-state index in [1.54, 1.807) is 24.3 Å². The van der Waals surface area contributed by atoms with E-state index in [4.69, 9.17) is 9.84 Å². The number of anilines is 1. The Bertz CT molecular complexity index is 1070. The summed E-state index contributed by atoms with van der Waals surface area (Å²) in [7, 11) is 0. The van der Waals surface area contributed by atoms with Gasteiger partial charge < -0.3 is 20.3 Å². The molecule has 1 aromatic heterocycles. The van der Waals surface area contributed by atoms with Gasteiger partial charge in [0.25, 0.3) is 0 Å². The number of ether oxygens (including phenoxy) is 1. The minimum Gasteiger partial charge on any atom is -0.479 e. The quantitative estimate of drug-likeness (QED) is 0.416. The van der Waals surface area contributed by atoms with Crippen LogP contribution in [0.5, 0.6) is 5.75 Å². The Morgan fingerprint density at radius 3 is 2.59 bits per heavy atom. The number of nitrogens with one attached hydrogen (secondary N) is 1. The number of thiophene rings is 1. The van der Waals surface area contributed by atoms with Crippen molar-refractivity contribution in [3.05, 3.63) is 69.3 Å². The van der Waals surface area contributed by atoms with Crippen molar-refractivity contribution in [3.8, 4) is 16.2 Å². The molecular formula is C20H15BrFNO5S. The summed E-state index contributed by atoms with van der Waals surface area (Å²) in [6.45, 7) is -0.232. The number of halogens is 2. The van der Waals surface area contributed by atoms with Gasteiger partial charge in [0.05, 0.1) is 9.35 Å². The van der Waals surface area contributed by atoms with Gasteiger partial charge in [-0.2, -0.15) is 0 Å². The topological polar surface area (TPSA) is 95.9 Å². The lowest BCUT2D eigenvalue weighted by atomic mass is 10.1. The van der Waals surface area contributed by atoms with Crippen LogP contribution in [0.3, 0.4) is 0 Å². The predicted molar refractivity (Wildman–Crippen MR) is 111 cm³/mol. The van der Waals surface area contributed by atoms with Crippen molar-refractivity contribution in [1.82, 2.24) is 0 Å². The Balaban J connectivity index is 1.86. The molecule has 0 saturated carbocycles. The molecule has 3 aromatic rings. The van der Waals surface area contributed by atoms with E-state index in [0.29, 0.717) is 15.9 Å². The van der Waals surface area contributed by atoms with Crippen molar-refractivity contribution in [2.75, 3.05) is 11.9 Å². The summed E-state index contributed by atoms with van der Waals surface area (Å²) in [6, 6.07) is 13.5. The molecule has 0 radical (unpaired) electrons. The maximum atomic E-state index is 13.3. The van der Waals surface area contributed by atoms with Crippen molar-refractivity contribution in [2.24, 2.45) is 0 Å². The Morgan fingerprint density at radius 2 is 1.90 bits per heavy atom. The largest absolute Gasteiger partial charge is 0.479 e. The number of hydrogen-bond donors (Lipinski definition) is 3. The average molecular weight is 480 g/mol. The molecule has 6 nitrogen and oxygen atoms in total. The van der Waals surface area contributed by atoms with Crippen LogP contribution in [0.25, 0.3) is 10.4 Å². The van der Waals surface area contributed by atoms with Crippen LogP contribution in [0.2, 0.25) is 0 Å². The van der Waals surface area contributed by atoms with Crippen LogP contribution in [-0.2, 0) is 11.3 Å². The van der Waals surface area contributed by atoms with E-state index in [0.717, 1.165) is 28.2 Å². The summed E-state index contributed by atoms with van der Waals surface area (Å²) in [5.74, 6) is -2.74. The second-order valence-corrected chi connectivity index (χ2v) is 7.77. The van der Waals surface area contributed by atoms with Gasteiger partial charge in [0.2, 0.25) is 0 Å². The Hall–Kier alpha value is -2.91. The highest BCUT2D eigenvalue weighted by atomic mass is 79.9. The van der Waals surface area contributed by atoms with Crippen LogP contribution >= 0.6 is 27.3 Å². The van der Waals surface area contributed by atoms with Crippen molar-refractivity contribution in [3.63, 3.8) is 0 Å². The molecule has 0 aliphatic carbocycles. The van der Waals surface area contributed by atoms with Crippen LogP contribution in [0.4, 0.5) is 10.1 Å². The van der Waals surface area contributed by atoms with E-state index in [1.807, 2.05) is 12.1 Å². The number of carboxylic acid groups (broad SMARTS) is 2. The van der Waals surface area contributed by atoms with Crippen molar-refractivity contribution >= 4 is 44.9 Å². The molecule has 0 amide bonds. The third-order valence-corrected chi connectivity index (χ3v) is 6.08. The maximum Gasteiger partial charge on any atom is 0.349 e. The summed E-state index contributed by atoms with van der Waals surface area (Å²) >= 11 is 4.31. The first-order chi connectivity index (χ1) is 13.8. The summed E-state index contributed by atoms with van der Waals surface area (Å²) in [5, 5.41) is 21.4. The van der Waals surface area contributed by atoms with Gasteiger partial charge in [0.1, 0.15) is 5.82 Å². The molecule has 0 unspecified atom stereocenters. The maximum absolute atomic E-state index is 13.3. The standard InChI is InChI=1S/C20H15BrFNO5S/c21-16-17(28-10-15(24)25)19(20(26)27)29-18(16)12-4-2-6-14(8-12)23-9-11-3-1-5-13(22)7-11/h1-8,23H,9-10H2,(H,24,25)(H,26,27). The zero-order chi connectivity index (χ0) is 21.0. The molecule has 0 spiro atoms. The lowest BCUT2D eigenvalue weighted by Gasteiger charge is -2.09. The monoisotopic (exact) mass is 479 g/mol. The Kier molecular flexibility index (Phi) is 6.50. The number of carbonyl (C=O) groups is 2. The molecule has 0 aliphatic heterocycles. The third kappa shape index (κ3) is 5.12. The van der Waals surface area contributed by atoms with Crippen LogP contribution in [0.1, 0.15) is 15.2 Å². The molecule has 3 rings (SSSR count). The number of aromatic carboxylic acids is 1. The number of benzene rings is 2. The van der Waals surface area contributed by atoms with Gasteiger partial charge in [0, 0.05) is 12.2 Å². The molecule has 0 atom stereocenters. The van der Waals surface area contributed by atoms with E-state index in [9.17, 15) is 19.1 Å². The number of aliphatic carboxylic acids is 1. The highest BCUT2D eigenvalue weighted by Crippen LogP contribution is 2.46. The summed E-state index contributed by atoms with van der Waals surface area (Å²) in [4.78, 5) is 22.8. The number of carboxylic acids is 2. The fraction of sp³-hybridized carbons (Fsp3) is 0.100. The van der Waals surface area contributed by atoms with Gasteiger partial charge in [-0.1, -0.05) is 24.3 Å². The molecule has 150 valence electrons. The first-order valence-electron chi connectivity index (χ1n) is 8.34. The van der Waals surface area contributed by atoms with Gasteiger partial charge in [-0.05, 0) is 51.3 Å². The molecule has 0 fully saturated rings. The molecule has 1 heterocycles. The average Bonchev–Trinajstić information content (AvgIpc) is 3.02. The lowest BCUT2D eigenvalue weighted by molar-refractivity contribution is -0.139. The molecule has 0 aliphatic rings. The molecule has 3 N–H and O–H groups in total. The van der Waals surface area contributed by atoms with Crippen LogP contribution < -0.4 is 10.1 Å². The first-order valence-corrected chi connectivity index (χ1v) is 9.95. The van der Waals surface area contributed by atoms with E-state index in [-0.39, 0.29) is 16.4 Å². The van der Waals surface area contributed by atoms with E-state index in [2.05, 4.69) is 21.2 Å². The molecule has 29 heavy (non-hydrogen) atoms. The zero-order valence-corrected chi connectivity index (χ0v) is 17.2. The Morgan fingerprint density at radius 1 is 1.14 bits per heavy atom. The highest BCUT2D eigenvalue weighted by molar-refractivity contribution is 9.10. The minimum absolute atomic E-state index is 0.0157. The molecule has 0 saturated heterocycles. The molecule has 9 heteroatoms. The molecule has 2 aromatic carbocycles. The van der Waals surface area contributed by atoms with Gasteiger partial charge in [-0.25, -0.2) is 14.0 Å². The smallest absolute Gasteiger partial charge is 0.349 e. The highest BCUT2D eigenvalue weighted by Gasteiger charge is 2.24. The lowest BCUT2D eigenvalue weighted by Crippen LogP contribution is -2.11. The minimum atomic E-state index is -1.21. The number of rotatable bonds is 8. The van der Waals surface area contributed by atoms with Crippen LogP contribution in [0.15, 0.2) is 53.0 Å². The normalized spacial score (nSPS) is 10.6. The van der Waals surface area contributed by atoms with Crippen LogP contribution in [-0.4, -0.2) is 28.8 Å². The second-order valence-electron chi connectivity index (χ2n) is 5.96. The van der Waals surface area contributed by atoms with Crippen molar-refractivity contribution in [2.45, 2.75) is 6.54 Å². The van der Waals surface area contributed by atoms with E-state index < -0.39 is 18.5 Å². The van der Waals surface area contributed by atoms with Gasteiger partial charge in [-0.15, -0.1) is 11.3 Å². The van der Waals surface area contributed by atoms with Gasteiger partial charge >= 0.3 is 11.9 Å². The fourth-order valence-electron chi connectivity index (χ4n) is 2.61. The number of hydrogen-bond acceptors (Lipinski definition) is 5. The molecule has 0 bridgehead atoms. The van der Waals surface area contributed by atoms with Crippen molar-refractivity contribution < 1.29 is 28.9 Å². The van der Waals surface area contributed by atoms with Crippen LogP contribution in [0, 0.1) is 5.82 Å². The summed E-state index contributed by atoms with van der Waals surface area (Å²) in [6.07, 6.45) is 0. The zero-order valence-electron chi connectivity index (χ0n) is 14.8.